The average Bonchev–Trinajstić information content (AvgIpc) is 2.47. The quantitative estimate of drug-likeness (QED) is 0.641. The van der Waals surface area contributed by atoms with Crippen LogP contribution in [0.3, 0.4) is 0 Å². The van der Waals surface area contributed by atoms with Crippen LogP contribution in [0.15, 0.2) is 18.2 Å². The minimum absolute atomic E-state index is 0.0989. The summed E-state index contributed by atoms with van der Waals surface area (Å²) in [7, 11) is 3.33. The molecule has 3 nitrogen and oxygen atoms in total. The zero-order valence-corrected chi connectivity index (χ0v) is 13.7. The van der Waals surface area contributed by atoms with Gasteiger partial charge < -0.3 is 14.4 Å². The first kappa shape index (κ1) is 17.1. The molecule has 1 unspecified atom stereocenters. The van der Waals surface area contributed by atoms with Crippen LogP contribution in [0.5, 0.6) is 11.5 Å². The summed E-state index contributed by atoms with van der Waals surface area (Å²) in [6.45, 7) is 7.36. The molecule has 0 aliphatic rings. The van der Waals surface area contributed by atoms with Gasteiger partial charge in [0.25, 0.3) is 0 Å². The molecule has 0 saturated carbocycles. The van der Waals surface area contributed by atoms with Crippen LogP contribution in [0.4, 0.5) is 0 Å². The summed E-state index contributed by atoms with van der Waals surface area (Å²) in [6, 6.07) is 5.77. The molecule has 1 rings (SSSR count). The summed E-state index contributed by atoms with van der Waals surface area (Å²) in [5.41, 5.74) is 0.991. The Bertz CT molecular complexity index is 392. The first-order valence-electron chi connectivity index (χ1n) is 7.24. The van der Waals surface area contributed by atoms with E-state index in [0.717, 1.165) is 49.5 Å². The molecule has 0 amide bonds. The second kappa shape index (κ2) is 9.09. The lowest BCUT2D eigenvalue weighted by molar-refractivity contribution is 0.273. The van der Waals surface area contributed by atoms with Gasteiger partial charge in [0.05, 0.1) is 19.6 Å². The molecule has 0 spiro atoms. The van der Waals surface area contributed by atoms with Crippen molar-refractivity contribution in [2.75, 3.05) is 33.9 Å². The van der Waals surface area contributed by atoms with Gasteiger partial charge in [0.2, 0.25) is 0 Å². The number of methoxy groups -OCH3 is 2. The number of rotatable bonds is 9. The fourth-order valence-electron chi connectivity index (χ4n) is 2.34. The lowest BCUT2D eigenvalue weighted by atomic mass is 10.1. The third-order valence-corrected chi connectivity index (χ3v) is 3.65. The van der Waals surface area contributed by atoms with Crippen molar-refractivity contribution in [1.82, 2.24) is 4.90 Å². The van der Waals surface area contributed by atoms with Crippen molar-refractivity contribution in [2.45, 2.75) is 32.1 Å². The van der Waals surface area contributed by atoms with E-state index in [-0.39, 0.29) is 5.38 Å². The summed E-state index contributed by atoms with van der Waals surface area (Å²) < 4.78 is 10.7. The van der Waals surface area contributed by atoms with Gasteiger partial charge in [-0.25, -0.2) is 0 Å². The van der Waals surface area contributed by atoms with Gasteiger partial charge in [-0.2, -0.15) is 0 Å². The number of benzene rings is 1. The maximum absolute atomic E-state index is 6.61. The number of hydrogen-bond donors (Lipinski definition) is 0. The standard InChI is InChI=1S/C16H26ClNO2/c1-5-9-18(10-6-2)12-15(17)14-11-13(19-3)7-8-16(14)20-4/h7-8,11,15H,5-6,9-10,12H2,1-4H3. The minimum atomic E-state index is -0.0989. The van der Waals surface area contributed by atoms with Crippen LogP contribution >= 0.6 is 11.6 Å². The topological polar surface area (TPSA) is 21.7 Å². The Balaban J connectivity index is 2.85. The van der Waals surface area contributed by atoms with Crippen LogP contribution < -0.4 is 9.47 Å². The smallest absolute Gasteiger partial charge is 0.123 e. The maximum atomic E-state index is 6.61. The number of alkyl halides is 1. The average molecular weight is 300 g/mol. The molecule has 0 aliphatic carbocycles. The molecule has 0 saturated heterocycles. The van der Waals surface area contributed by atoms with E-state index in [2.05, 4.69) is 18.7 Å². The highest BCUT2D eigenvalue weighted by Crippen LogP contribution is 2.33. The lowest BCUT2D eigenvalue weighted by Crippen LogP contribution is -2.29. The van der Waals surface area contributed by atoms with Crippen molar-refractivity contribution in [3.63, 3.8) is 0 Å². The van der Waals surface area contributed by atoms with Crippen molar-refractivity contribution in [3.05, 3.63) is 23.8 Å². The highest BCUT2D eigenvalue weighted by Gasteiger charge is 2.17. The zero-order chi connectivity index (χ0) is 15.0. The van der Waals surface area contributed by atoms with E-state index < -0.39 is 0 Å². The van der Waals surface area contributed by atoms with E-state index in [1.807, 2.05) is 18.2 Å². The molecular formula is C16H26ClNO2. The molecule has 1 atom stereocenters. The van der Waals surface area contributed by atoms with Gasteiger partial charge in [-0.15, -0.1) is 11.6 Å². The Hall–Kier alpha value is -0.930. The molecule has 4 heteroatoms. The second-order valence-electron chi connectivity index (χ2n) is 4.88. The largest absolute Gasteiger partial charge is 0.497 e. The van der Waals surface area contributed by atoms with Gasteiger partial charge in [-0.05, 0) is 44.1 Å². The summed E-state index contributed by atoms with van der Waals surface area (Å²) in [6.07, 6.45) is 2.28. The van der Waals surface area contributed by atoms with Crippen molar-refractivity contribution >= 4 is 11.6 Å². The lowest BCUT2D eigenvalue weighted by Gasteiger charge is -2.25. The summed E-state index contributed by atoms with van der Waals surface area (Å²) in [5, 5.41) is -0.0989. The number of ether oxygens (including phenoxy) is 2. The molecule has 1 aromatic rings. The maximum Gasteiger partial charge on any atom is 0.123 e. The summed E-state index contributed by atoms with van der Waals surface area (Å²) in [5.74, 6) is 1.63. The number of hydrogen-bond acceptors (Lipinski definition) is 3. The molecule has 0 aromatic heterocycles. The number of halogens is 1. The second-order valence-corrected chi connectivity index (χ2v) is 5.40. The first-order chi connectivity index (χ1) is 9.65. The van der Waals surface area contributed by atoms with Crippen LogP contribution in [0.1, 0.15) is 37.6 Å². The molecular weight excluding hydrogens is 274 g/mol. The van der Waals surface area contributed by atoms with Crippen LogP contribution in [-0.2, 0) is 0 Å². The van der Waals surface area contributed by atoms with Crippen molar-refractivity contribution in [2.24, 2.45) is 0 Å². The van der Waals surface area contributed by atoms with Crippen LogP contribution in [0.2, 0.25) is 0 Å². The van der Waals surface area contributed by atoms with Gasteiger partial charge >= 0.3 is 0 Å². The molecule has 114 valence electrons. The highest BCUT2D eigenvalue weighted by molar-refractivity contribution is 6.21. The molecule has 0 bridgehead atoms. The molecule has 0 N–H and O–H groups in total. The Morgan fingerprint density at radius 1 is 1.10 bits per heavy atom. The minimum Gasteiger partial charge on any atom is -0.497 e. The van der Waals surface area contributed by atoms with Crippen LogP contribution in [0.25, 0.3) is 0 Å². The van der Waals surface area contributed by atoms with Crippen LogP contribution in [0, 0.1) is 0 Å². The SMILES string of the molecule is CCCN(CCC)CC(Cl)c1cc(OC)ccc1OC. The fraction of sp³-hybridized carbons (Fsp3) is 0.625. The van der Waals surface area contributed by atoms with Gasteiger partial charge in [0.15, 0.2) is 0 Å². The molecule has 1 aromatic carbocycles. The van der Waals surface area contributed by atoms with Crippen molar-refractivity contribution in [3.8, 4) is 11.5 Å². The molecule has 0 heterocycles. The normalized spacial score (nSPS) is 12.5. The van der Waals surface area contributed by atoms with E-state index in [1.165, 1.54) is 0 Å². The van der Waals surface area contributed by atoms with E-state index in [4.69, 9.17) is 21.1 Å². The predicted octanol–water partition coefficient (Wildman–Crippen LogP) is 4.11. The molecule has 20 heavy (non-hydrogen) atoms. The summed E-state index contributed by atoms with van der Waals surface area (Å²) >= 11 is 6.61. The Morgan fingerprint density at radius 3 is 2.25 bits per heavy atom. The highest BCUT2D eigenvalue weighted by atomic mass is 35.5. The first-order valence-corrected chi connectivity index (χ1v) is 7.68. The van der Waals surface area contributed by atoms with Gasteiger partial charge in [-0.3, -0.25) is 0 Å². The summed E-state index contributed by atoms with van der Waals surface area (Å²) in [4.78, 5) is 2.40. The Kier molecular flexibility index (Phi) is 7.78. The van der Waals surface area contributed by atoms with E-state index in [9.17, 15) is 0 Å². The van der Waals surface area contributed by atoms with Gasteiger partial charge in [0, 0.05) is 12.1 Å². The van der Waals surface area contributed by atoms with E-state index in [1.54, 1.807) is 14.2 Å². The zero-order valence-electron chi connectivity index (χ0n) is 13.0. The predicted molar refractivity (Wildman–Crippen MR) is 85.2 cm³/mol. The number of nitrogens with zero attached hydrogens (tertiary/aromatic N) is 1. The Labute approximate surface area is 127 Å². The molecule has 0 aliphatic heterocycles. The third kappa shape index (κ3) is 4.88. The molecule has 0 fully saturated rings. The fourth-order valence-corrected chi connectivity index (χ4v) is 2.70. The van der Waals surface area contributed by atoms with E-state index in [0.29, 0.717) is 0 Å². The van der Waals surface area contributed by atoms with Crippen molar-refractivity contribution in [1.29, 1.82) is 0 Å². The van der Waals surface area contributed by atoms with E-state index >= 15 is 0 Å². The van der Waals surface area contributed by atoms with Gasteiger partial charge in [-0.1, -0.05) is 13.8 Å². The van der Waals surface area contributed by atoms with Crippen LogP contribution in [-0.4, -0.2) is 38.8 Å². The van der Waals surface area contributed by atoms with Crippen molar-refractivity contribution < 1.29 is 9.47 Å². The monoisotopic (exact) mass is 299 g/mol. The van der Waals surface area contributed by atoms with Gasteiger partial charge in [0.1, 0.15) is 11.5 Å². The Morgan fingerprint density at radius 2 is 1.75 bits per heavy atom. The molecule has 0 radical (unpaired) electrons. The third-order valence-electron chi connectivity index (χ3n) is 3.27.